The lowest BCUT2D eigenvalue weighted by atomic mass is 10.2. The van der Waals surface area contributed by atoms with Crippen LogP contribution in [0.1, 0.15) is 30.0 Å². The highest BCUT2D eigenvalue weighted by molar-refractivity contribution is 6.20. The van der Waals surface area contributed by atoms with Crippen molar-refractivity contribution in [1.82, 2.24) is 15.0 Å². The Bertz CT molecular complexity index is 481. The Kier molecular flexibility index (Phi) is 3.74. The van der Waals surface area contributed by atoms with E-state index in [9.17, 15) is 4.39 Å². The lowest BCUT2D eigenvalue weighted by Gasteiger charge is -2.01. The second kappa shape index (κ2) is 5.27. The van der Waals surface area contributed by atoms with E-state index in [1.807, 2.05) is 13.1 Å². The van der Waals surface area contributed by atoms with Gasteiger partial charge in [-0.3, -0.25) is 0 Å². The van der Waals surface area contributed by atoms with Crippen LogP contribution in [-0.2, 0) is 6.54 Å². The van der Waals surface area contributed by atoms with Crippen LogP contribution in [-0.4, -0.2) is 15.0 Å². The number of alkyl halides is 1. The molecular formula is C12H13ClFN3. The second-order valence-corrected chi connectivity index (χ2v) is 4.37. The molecule has 0 saturated carbocycles. The van der Waals surface area contributed by atoms with Crippen LogP contribution in [0.5, 0.6) is 0 Å². The lowest BCUT2D eigenvalue weighted by Crippen LogP contribution is -2.00. The fraction of sp³-hybridized carbons (Fsp3) is 0.333. The molecule has 2 aromatic rings. The molecule has 0 fully saturated rings. The van der Waals surface area contributed by atoms with Gasteiger partial charge in [0.25, 0.3) is 0 Å². The van der Waals surface area contributed by atoms with Crippen LogP contribution in [0.3, 0.4) is 0 Å². The standard InChI is InChI=1S/C12H13ClFN3/c1-2-11(13)12-8-17(16-15-12)7-9-3-5-10(14)6-4-9/h3-6,8,11H,2,7H2,1H3. The Labute approximate surface area is 104 Å². The van der Waals surface area contributed by atoms with Crippen LogP contribution in [0.15, 0.2) is 30.5 Å². The van der Waals surface area contributed by atoms with Crippen LogP contribution in [0.2, 0.25) is 0 Å². The highest BCUT2D eigenvalue weighted by Gasteiger charge is 2.09. The number of rotatable bonds is 4. The number of hydrogen-bond acceptors (Lipinski definition) is 2. The molecule has 1 aromatic heterocycles. The third kappa shape index (κ3) is 3.03. The molecule has 0 aliphatic rings. The van der Waals surface area contributed by atoms with E-state index in [1.54, 1.807) is 16.8 Å². The van der Waals surface area contributed by atoms with Crippen molar-refractivity contribution < 1.29 is 4.39 Å². The number of halogens is 2. The molecule has 0 bridgehead atoms. The van der Waals surface area contributed by atoms with Gasteiger partial charge in [-0.1, -0.05) is 24.3 Å². The summed E-state index contributed by atoms with van der Waals surface area (Å²) in [5.74, 6) is -0.236. The van der Waals surface area contributed by atoms with Gasteiger partial charge in [0, 0.05) is 0 Å². The largest absolute Gasteiger partial charge is 0.248 e. The van der Waals surface area contributed by atoms with Crippen LogP contribution in [0.25, 0.3) is 0 Å². The first kappa shape index (κ1) is 12.0. The van der Waals surface area contributed by atoms with Crippen LogP contribution in [0, 0.1) is 5.82 Å². The fourth-order valence-corrected chi connectivity index (χ4v) is 1.62. The van der Waals surface area contributed by atoms with Crippen molar-refractivity contribution in [2.75, 3.05) is 0 Å². The lowest BCUT2D eigenvalue weighted by molar-refractivity contribution is 0.621. The topological polar surface area (TPSA) is 30.7 Å². The molecule has 0 saturated heterocycles. The Morgan fingerprint density at radius 2 is 2.06 bits per heavy atom. The molecule has 0 aliphatic heterocycles. The van der Waals surface area contributed by atoms with Crippen molar-refractivity contribution in [1.29, 1.82) is 0 Å². The Morgan fingerprint density at radius 1 is 1.35 bits per heavy atom. The maximum absolute atomic E-state index is 12.7. The summed E-state index contributed by atoms with van der Waals surface area (Å²) in [6, 6.07) is 6.33. The predicted octanol–water partition coefficient (Wildman–Crippen LogP) is 3.16. The third-order valence-electron chi connectivity index (χ3n) is 2.49. The summed E-state index contributed by atoms with van der Waals surface area (Å²) in [6.45, 7) is 2.57. The van der Waals surface area contributed by atoms with Gasteiger partial charge in [-0.25, -0.2) is 9.07 Å². The van der Waals surface area contributed by atoms with E-state index in [0.717, 1.165) is 17.7 Å². The summed E-state index contributed by atoms with van der Waals surface area (Å²) in [5, 5.41) is 7.90. The first-order chi connectivity index (χ1) is 8.19. The zero-order chi connectivity index (χ0) is 12.3. The molecule has 3 nitrogen and oxygen atoms in total. The average Bonchev–Trinajstić information content (AvgIpc) is 2.80. The summed E-state index contributed by atoms with van der Waals surface area (Å²) < 4.78 is 14.4. The van der Waals surface area contributed by atoms with Gasteiger partial charge < -0.3 is 0 Å². The zero-order valence-corrected chi connectivity index (χ0v) is 10.2. The minimum atomic E-state index is -0.236. The summed E-state index contributed by atoms with van der Waals surface area (Å²) >= 11 is 6.06. The molecule has 0 radical (unpaired) electrons. The van der Waals surface area contributed by atoms with E-state index in [0.29, 0.717) is 6.54 Å². The molecule has 2 rings (SSSR count). The van der Waals surface area contributed by atoms with Gasteiger partial charge in [0.2, 0.25) is 0 Å². The van der Waals surface area contributed by atoms with Crippen molar-refractivity contribution in [3.63, 3.8) is 0 Å². The van der Waals surface area contributed by atoms with Gasteiger partial charge in [-0.2, -0.15) is 0 Å². The molecule has 0 amide bonds. The normalized spacial score (nSPS) is 12.6. The Balaban J connectivity index is 2.08. The highest BCUT2D eigenvalue weighted by Crippen LogP contribution is 2.20. The van der Waals surface area contributed by atoms with Crippen molar-refractivity contribution in [2.24, 2.45) is 0 Å². The predicted molar refractivity (Wildman–Crippen MR) is 64.4 cm³/mol. The van der Waals surface area contributed by atoms with Gasteiger partial charge in [0.15, 0.2) is 0 Å². The summed E-state index contributed by atoms with van der Waals surface area (Å²) in [6.07, 6.45) is 2.64. The fourth-order valence-electron chi connectivity index (χ4n) is 1.52. The van der Waals surface area contributed by atoms with E-state index in [1.165, 1.54) is 12.1 Å². The van der Waals surface area contributed by atoms with Gasteiger partial charge in [0.1, 0.15) is 11.5 Å². The van der Waals surface area contributed by atoms with Crippen molar-refractivity contribution in [2.45, 2.75) is 25.3 Å². The van der Waals surface area contributed by atoms with E-state index < -0.39 is 0 Å². The smallest absolute Gasteiger partial charge is 0.123 e. The van der Waals surface area contributed by atoms with Crippen LogP contribution < -0.4 is 0 Å². The first-order valence-electron chi connectivity index (χ1n) is 5.47. The molecular weight excluding hydrogens is 241 g/mol. The summed E-state index contributed by atoms with van der Waals surface area (Å²) in [5.41, 5.74) is 1.75. The molecule has 0 N–H and O–H groups in total. The summed E-state index contributed by atoms with van der Waals surface area (Å²) in [4.78, 5) is 0. The molecule has 5 heteroatoms. The Hall–Kier alpha value is -1.42. The maximum atomic E-state index is 12.7. The van der Waals surface area contributed by atoms with Gasteiger partial charge in [-0.15, -0.1) is 16.7 Å². The number of hydrogen-bond donors (Lipinski definition) is 0. The molecule has 17 heavy (non-hydrogen) atoms. The average molecular weight is 254 g/mol. The molecule has 90 valence electrons. The third-order valence-corrected chi connectivity index (χ3v) is 3.03. The highest BCUT2D eigenvalue weighted by atomic mass is 35.5. The molecule has 1 unspecified atom stereocenters. The van der Waals surface area contributed by atoms with E-state index >= 15 is 0 Å². The van der Waals surface area contributed by atoms with Crippen LogP contribution >= 0.6 is 11.6 Å². The van der Waals surface area contributed by atoms with Crippen molar-refractivity contribution >= 4 is 11.6 Å². The van der Waals surface area contributed by atoms with Crippen molar-refractivity contribution in [3.8, 4) is 0 Å². The SMILES string of the molecule is CCC(Cl)c1cn(Cc2ccc(F)cc2)nn1. The van der Waals surface area contributed by atoms with Gasteiger partial charge >= 0.3 is 0 Å². The monoisotopic (exact) mass is 253 g/mol. The molecule has 1 aromatic carbocycles. The number of aromatic nitrogens is 3. The minimum absolute atomic E-state index is 0.100. The minimum Gasteiger partial charge on any atom is -0.248 e. The van der Waals surface area contributed by atoms with E-state index in [4.69, 9.17) is 11.6 Å². The second-order valence-electron chi connectivity index (χ2n) is 3.84. The number of benzene rings is 1. The van der Waals surface area contributed by atoms with Crippen LogP contribution in [0.4, 0.5) is 4.39 Å². The zero-order valence-electron chi connectivity index (χ0n) is 9.48. The first-order valence-corrected chi connectivity index (χ1v) is 5.91. The molecule has 0 aliphatic carbocycles. The molecule has 0 spiro atoms. The number of nitrogens with zero attached hydrogens (tertiary/aromatic N) is 3. The van der Waals surface area contributed by atoms with Gasteiger partial charge in [0.05, 0.1) is 18.1 Å². The molecule has 1 heterocycles. The quantitative estimate of drug-likeness (QED) is 0.784. The Morgan fingerprint density at radius 3 is 2.71 bits per heavy atom. The summed E-state index contributed by atoms with van der Waals surface area (Å²) in [7, 11) is 0. The molecule has 1 atom stereocenters. The van der Waals surface area contributed by atoms with Crippen molar-refractivity contribution in [3.05, 3.63) is 47.5 Å². The van der Waals surface area contributed by atoms with E-state index in [-0.39, 0.29) is 11.2 Å². The maximum Gasteiger partial charge on any atom is 0.123 e. The van der Waals surface area contributed by atoms with Gasteiger partial charge in [-0.05, 0) is 24.1 Å². The van der Waals surface area contributed by atoms with E-state index in [2.05, 4.69) is 10.3 Å².